The molecule has 1 fully saturated rings. The molecule has 0 amide bonds. The second-order valence-corrected chi connectivity index (χ2v) is 6.51. The van der Waals surface area contributed by atoms with Gasteiger partial charge in [0.2, 0.25) is 0 Å². The van der Waals surface area contributed by atoms with E-state index in [1.807, 2.05) is 0 Å². The van der Waals surface area contributed by atoms with Gasteiger partial charge in [-0.05, 0) is 31.2 Å². The van der Waals surface area contributed by atoms with Crippen LogP contribution in [-0.4, -0.2) is 64.1 Å². The van der Waals surface area contributed by atoms with Crippen LogP contribution in [-0.2, 0) is 9.47 Å². The molecule has 2 unspecified atom stereocenters. The number of rotatable bonds is 10. The largest absolute Gasteiger partial charge is 0.385 e. The van der Waals surface area contributed by atoms with Crippen LogP contribution >= 0.6 is 0 Å². The first kappa shape index (κ1) is 17.9. The molecule has 4 nitrogen and oxygen atoms in total. The van der Waals surface area contributed by atoms with E-state index in [1.54, 1.807) is 14.2 Å². The average molecular weight is 286 g/mol. The molecule has 0 aliphatic heterocycles. The Bertz CT molecular complexity index is 259. The van der Waals surface area contributed by atoms with E-state index in [1.165, 1.54) is 12.8 Å². The summed E-state index contributed by atoms with van der Waals surface area (Å²) in [6.45, 7) is 11.8. The number of hydrogen-bond donors (Lipinski definition) is 1. The first-order valence-corrected chi connectivity index (χ1v) is 8.02. The average Bonchev–Trinajstić information content (AvgIpc) is 2.70. The van der Waals surface area contributed by atoms with Crippen LogP contribution in [0.25, 0.3) is 0 Å². The van der Waals surface area contributed by atoms with E-state index in [9.17, 15) is 0 Å². The van der Waals surface area contributed by atoms with E-state index in [0.29, 0.717) is 17.5 Å². The molecule has 1 saturated carbocycles. The molecule has 2 atom stereocenters. The van der Waals surface area contributed by atoms with E-state index in [0.717, 1.165) is 39.3 Å². The van der Waals surface area contributed by atoms with E-state index in [-0.39, 0.29) is 0 Å². The third kappa shape index (κ3) is 4.99. The van der Waals surface area contributed by atoms with Gasteiger partial charge in [-0.2, -0.15) is 0 Å². The quantitative estimate of drug-likeness (QED) is 0.624. The molecule has 0 aromatic carbocycles. The minimum Gasteiger partial charge on any atom is -0.385 e. The Balaban J connectivity index is 2.66. The maximum Gasteiger partial charge on any atom is 0.0589 e. The monoisotopic (exact) mass is 286 g/mol. The van der Waals surface area contributed by atoms with Crippen molar-refractivity contribution in [1.82, 2.24) is 10.2 Å². The first-order valence-electron chi connectivity index (χ1n) is 8.02. The predicted molar refractivity (Wildman–Crippen MR) is 84.2 cm³/mol. The minimum absolute atomic E-state index is 0.382. The van der Waals surface area contributed by atoms with Crippen molar-refractivity contribution >= 4 is 0 Å². The maximum atomic E-state index is 5.29. The van der Waals surface area contributed by atoms with Crippen LogP contribution in [0.4, 0.5) is 0 Å². The fourth-order valence-corrected chi connectivity index (χ4v) is 3.45. The SMILES string of the molecule is CCNC1C(N(CCCOC)CCOC)CCC1(C)C. The fraction of sp³-hybridized carbons (Fsp3) is 1.00. The zero-order valence-corrected chi connectivity index (χ0v) is 14.1. The molecule has 0 aromatic rings. The molecule has 0 spiro atoms. The number of nitrogens with zero attached hydrogens (tertiary/aromatic N) is 1. The lowest BCUT2D eigenvalue weighted by Gasteiger charge is -2.37. The molecule has 0 radical (unpaired) electrons. The molecule has 4 heteroatoms. The predicted octanol–water partition coefficient (Wildman–Crippen LogP) is 2.14. The van der Waals surface area contributed by atoms with Crippen molar-refractivity contribution in [2.45, 2.75) is 52.1 Å². The molecular formula is C16H34N2O2. The number of ether oxygens (including phenoxy) is 2. The molecule has 0 heterocycles. The van der Waals surface area contributed by atoms with Crippen LogP contribution in [0.15, 0.2) is 0 Å². The summed E-state index contributed by atoms with van der Waals surface area (Å²) in [5.74, 6) is 0. The van der Waals surface area contributed by atoms with Crippen LogP contribution < -0.4 is 5.32 Å². The van der Waals surface area contributed by atoms with Gasteiger partial charge < -0.3 is 14.8 Å². The first-order chi connectivity index (χ1) is 9.56. The third-order valence-electron chi connectivity index (χ3n) is 4.58. The third-order valence-corrected chi connectivity index (χ3v) is 4.58. The summed E-state index contributed by atoms with van der Waals surface area (Å²) in [4.78, 5) is 2.60. The fourth-order valence-electron chi connectivity index (χ4n) is 3.45. The summed E-state index contributed by atoms with van der Waals surface area (Å²) in [5.41, 5.74) is 0.382. The topological polar surface area (TPSA) is 33.7 Å². The Morgan fingerprint density at radius 1 is 1.15 bits per heavy atom. The Labute approximate surface area is 125 Å². The molecule has 1 rings (SSSR count). The standard InChI is InChI=1S/C16H34N2O2/c1-6-17-15-14(8-9-16(15,2)3)18(11-13-20-5)10-7-12-19-4/h14-15,17H,6-13H2,1-5H3. The number of nitrogens with one attached hydrogen (secondary N) is 1. The summed E-state index contributed by atoms with van der Waals surface area (Å²) < 4.78 is 10.5. The molecule has 1 aliphatic carbocycles. The summed E-state index contributed by atoms with van der Waals surface area (Å²) in [5, 5.41) is 3.72. The maximum absolute atomic E-state index is 5.29. The van der Waals surface area contributed by atoms with E-state index >= 15 is 0 Å². The molecule has 1 N–H and O–H groups in total. The molecular weight excluding hydrogens is 252 g/mol. The van der Waals surface area contributed by atoms with Gasteiger partial charge in [-0.1, -0.05) is 20.8 Å². The highest BCUT2D eigenvalue weighted by Gasteiger charge is 2.43. The molecule has 0 aromatic heterocycles. The van der Waals surface area contributed by atoms with Crippen molar-refractivity contribution < 1.29 is 9.47 Å². The van der Waals surface area contributed by atoms with Gasteiger partial charge >= 0.3 is 0 Å². The van der Waals surface area contributed by atoms with Gasteiger partial charge in [-0.15, -0.1) is 0 Å². The molecule has 0 bridgehead atoms. The van der Waals surface area contributed by atoms with Crippen molar-refractivity contribution in [2.75, 3.05) is 47.1 Å². The van der Waals surface area contributed by atoms with Crippen molar-refractivity contribution in [3.8, 4) is 0 Å². The summed E-state index contributed by atoms with van der Waals surface area (Å²) in [6, 6.07) is 1.20. The Morgan fingerprint density at radius 3 is 2.45 bits per heavy atom. The highest BCUT2D eigenvalue weighted by molar-refractivity contribution is 5.00. The van der Waals surface area contributed by atoms with Gasteiger partial charge in [-0.3, -0.25) is 4.90 Å². The Hall–Kier alpha value is -0.160. The summed E-state index contributed by atoms with van der Waals surface area (Å²) in [6.07, 6.45) is 3.67. The van der Waals surface area contributed by atoms with Gasteiger partial charge in [0.05, 0.1) is 6.61 Å². The number of hydrogen-bond acceptors (Lipinski definition) is 4. The van der Waals surface area contributed by atoms with Crippen LogP contribution in [0.5, 0.6) is 0 Å². The van der Waals surface area contributed by atoms with Crippen molar-refractivity contribution in [1.29, 1.82) is 0 Å². The van der Waals surface area contributed by atoms with Crippen molar-refractivity contribution in [3.05, 3.63) is 0 Å². The van der Waals surface area contributed by atoms with Crippen LogP contribution in [0.3, 0.4) is 0 Å². The van der Waals surface area contributed by atoms with Crippen molar-refractivity contribution in [3.63, 3.8) is 0 Å². The highest BCUT2D eigenvalue weighted by atomic mass is 16.5. The lowest BCUT2D eigenvalue weighted by atomic mass is 9.86. The zero-order chi connectivity index (χ0) is 15.0. The summed E-state index contributed by atoms with van der Waals surface area (Å²) >= 11 is 0. The smallest absolute Gasteiger partial charge is 0.0589 e. The van der Waals surface area contributed by atoms with Gasteiger partial charge in [0.25, 0.3) is 0 Å². The Kier molecular flexibility index (Phi) is 8.03. The lowest BCUT2D eigenvalue weighted by molar-refractivity contribution is 0.0884. The number of likely N-dealkylation sites (N-methyl/N-ethyl adjacent to an activating group) is 1. The van der Waals surface area contributed by atoms with Crippen molar-refractivity contribution in [2.24, 2.45) is 5.41 Å². The second-order valence-electron chi connectivity index (χ2n) is 6.51. The minimum atomic E-state index is 0.382. The second kappa shape index (κ2) is 8.98. The van der Waals surface area contributed by atoms with Crippen LogP contribution in [0.1, 0.15) is 40.0 Å². The van der Waals surface area contributed by atoms with Gasteiger partial charge in [0.1, 0.15) is 0 Å². The van der Waals surface area contributed by atoms with E-state index in [4.69, 9.17) is 9.47 Å². The zero-order valence-electron chi connectivity index (χ0n) is 14.1. The van der Waals surface area contributed by atoms with Gasteiger partial charge in [-0.25, -0.2) is 0 Å². The lowest BCUT2D eigenvalue weighted by Crippen LogP contribution is -2.52. The highest BCUT2D eigenvalue weighted by Crippen LogP contribution is 2.39. The normalized spacial score (nSPS) is 25.5. The van der Waals surface area contributed by atoms with E-state index in [2.05, 4.69) is 31.0 Å². The Morgan fingerprint density at radius 2 is 1.85 bits per heavy atom. The summed E-state index contributed by atoms with van der Waals surface area (Å²) in [7, 11) is 3.56. The van der Waals surface area contributed by atoms with Gasteiger partial charge in [0.15, 0.2) is 0 Å². The van der Waals surface area contributed by atoms with Crippen LogP contribution in [0, 0.1) is 5.41 Å². The molecule has 120 valence electrons. The van der Waals surface area contributed by atoms with Crippen LogP contribution in [0.2, 0.25) is 0 Å². The van der Waals surface area contributed by atoms with Gasteiger partial charge in [0, 0.05) is 46.0 Å². The molecule has 20 heavy (non-hydrogen) atoms. The molecule has 0 saturated heterocycles. The number of methoxy groups -OCH3 is 2. The van der Waals surface area contributed by atoms with E-state index < -0.39 is 0 Å². The molecule has 1 aliphatic rings.